The fourth-order valence-corrected chi connectivity index (χ4v) is 3.34. The molecule has 1 aromatic rings. The zero-order chi connectivity index (χ0) is 12.6. The fraction of sp³-hybridized carbons (Fsp3) is 0. The molecule has 0 atom stereocenters. The van der Waals surface area contributed by atoms with E-state index in [4.69, 9.17) is 92.8 Å². The van der Waals surface area contributed by atoms with E-state index in [1.54, 1.807) is 0 Å². The maximum Gasteiger partial charge on any atom is 0.117 e. The van der Waals surface area contributed by atoms with Crippen molar-refractivity contribution in [1.29, 1.82) is 0 Å². The van der Waals surface area contributed by atoms with Crippen LogP contribution in [0.4, 0.5) is 0 Å². The summed E-state index contributed by atoms with van der Waals surface area (Å²) in [5.74, 6) is 0. The predicted octanol–water partition coefficient (Wildman–Crippen LogP) is 5.39. The number of hydrogen-bond acceptors (Lipinski definition) is 0. The average Bonchev–Trinajstić information content (AvgIpc) is 2.14. The van der Waals surface area contributed by atoms with Crippen molar-refractivity contribution in [3.05, 3.63) is 30.5 Å². The van der Waals surface area contributed by atoms with Crippen LogP contribution in [0.15, 0.2) is 0 Å². The summed E-state index contributed by atoms with van der Waals surface area (Å²) in [5, 5.41) is 0.407. The van der Waals surface area contributed by atoms with Gasteiger partial charge < -0.3 is 0 Å². The van der Waals surface area contributed by atoms with Crippen LogP contribution in [0, 0.1) is 0 Å². The first-order valence-corrected chi connectivity index (χ1v) is 6.54. The second-order valence-corrected chi connectivity index (χ2v) is 5.94. The second kappa shape index (κ2) is 5.95. The van der Waals surface area contributed by atoms with Gasteiger partial charge in [0.2, 0.25) is 0 Å². The minimum Gasteiger partial charge on any atom is -0.0819 e. The van der Waals surface area contributed by atoms with Crippen molar-refractivity contribution in [2.75, 3.05) is 0 Å². The summed E-state index contributed by atoms with van der Waals surface area (Å²) in [7, 11) is 0. The number of benzene rings is 1. The highest BCUT2D eigenvalue weighted by Crippen LogP contribution is 2.27. The molecular formula is C8Cl8. The van der Waals surface area contributed by atoms with Gasteiger partial charge in [0.1, 0.15) is 8.98 Å². The minimum atomic E-state index is -0.156. The third kappa shape index (κ3) is 2.81. The van der Waals surface area contributed by atoms with Crippen molar-refractivity contribution in [3.63, 3.8) is 0 Å². The Labute approximate surface area is 131 Å². The maximum atomic E-state index is 5.92. The van der Waals surface area contributed by atoms with Gasteiger partial charge in [0.05, 0.1) is 20.1 Å². The van der Waals surface area contributed by atoms with Crippen LogP contribution < -0.4 is 10.4 Å². The molecule has 1 aromatic carbocycles. The van der Waals surface area contributed by atoms with Gasteiger partial charge in [-0.05, 0) is 0 Å². The average molecular weight is 380 g/mol. The minimum absolute atomic E-state index is 0.0323. The molecule has 8 heteroatoms. The third-order valence-electron chi connectivity index (χ3n) is 1.64. The summed E-state index contributed by atoms with van der Waals surface area (Å²) in [6, 6.07) is 0. The first-order chi connectivity index (χ1) is 7.29. The largest absolute Gasteiger partial charge is 0.117 e. The number of rotatable bonds is 0. The Morgan fingerprint density at radius 3 is 0.812 bits per heavy atom. The molecular weight excluding hydrogens is 380 g/mol. The first-order valence-electron chi connectivity index (χ1n) is 3.51. The maximum absolute atomic E-state index is 5.92. The van der Waals surface area contributed by atoms with Gasteiger partial charge in [0, 0.05) is 10.4 Å². The third-order valence-corrected chi connectivity index (χ3v) is 4.10. The van der Waals surface area contributed by atoms with Gasteiger partial charge in [-0.25, -0.2) is 0 Å². The topological polar surface area (TPSA) is 0 Å². The van der Waals surface area contributed by atoms with Crippen LogP contribution >= 0.6 is 92.8 Å². The van der Waals surface area contributed by atoms with Crippen molar-refractivity contribution in [2.45, 2.75) is 0 Å². The standard InChI is InChI=1S/C8Cl8/c9-3-1(7(13)14)4(10)6(12)2(5(3)11)8(15)16. The Morgan fingerprint density at radius 2 is 0.688 bits per heavy atom. The zero-order valence-electron chi connectivity index (χ0n) is 7.02. The summed E-state index contributed by atoms with van der Waals surface area (Å²) < 4.78 is -0.313. The summed E-state index contributed by atoms with van der Waals surface area (Å²) in [5.41, 5.74) is 0. The van der Waals surface area contributed by atoms with E-state index in [1.165, 1.54) is 0 Å². The van der Waals surface area contributed by atoms with E-state index in [0.717, 1.165) is 0 Å². The highest BCUT2D eigenvalue weighted by Gasteiger charge is 2.15. The Hall–Kier alpha value is 1.28. The van der Waals surface area contributed by atoms with Gasteiger partial charge in [-0.15, -0.1) is 0 Å². The number of halogens is 8. The Morgan fingerprint density at radius 1 is 0.500 bits per heavy atom. The Bertz CT molecular complexity index is 464. The van der Waals surface area contributed by atoms with Gasteiger partial charge in [-0.3, -0.25) is 0 Å². The quantitative estimate of drug-likeness (QED) is 0.530. The van der Waals surface area contributed by atoms with E-state index in [-0.39, 0.29) is 39.5 Å². The molecule has 0 N–H and O–H groups in total. The molecule has 1 rings (SSSR count). The summed E-state index contributed by atoms with van der Waals surface area (Å²) in [4.78, 5) is 0. The second-order valence-electron chi connectivity index (χ2n) is 2.53. The highest BCUT2D eigenvalue weighted by atomic mass is 35.5. The molecule has 0 spiro atoms. The molecule has 16 heavy (non-hydrogen) atoms. The van der Waals surface area contributed by atoms with E-state index < -0.39 is 0 Å². The van der Waals surface area contributed by atoms with Crippen molar-refractivity contribution >= 4 is 102 Å². The van der Waals surface area contributed by atoms with E-state index in [2.05, 4.69) is 0 Å². The molecule has 0 heterocycles. The van der Waals surface area contributed by atoms with Gasteiger partial charge in [0.15, 0.2) is 0 Å². The molecule has 0 nitrogen and oxygen atoms in total. The fourth-order valence-electron chi connectivity index (χ4n) is 0.964. The SMILES string of the molecule is ClC(Cl)=c1c(Cl)c(Cl)c(=C(Cl)Cl)c(Cl)c1Cl. The molecule has 0 radical (unpaired) electrons. The van der Waals surface area contributed by atoms with E-state index in [1.807, 2.05) is 0 Å². The monoisotopic (exact) mass is 376 g/mol. The van der Waals surface area contributed by atoms with Crippen LogP contribution in [-0.4, -0.2) is 0 Å². The van der Waals surface area contributed by atoms with Crippen molar-refractivity contribution < 1.29 is 0 Å². The normalized spacial score (nSPS) is 10.5. The molecule has 0 bridgehead atoms. The molecule has 88 valence electrons. The van der Waals surface area contributed by atoms with E-state index >= 15 is 0 Å². The molecule has 0 saturated carbocycles. The van der Waals surface area contributed by atoms with Crippen LogP contribution in [0.2, 0.25) is 20.1 Å². The smallest absolute Gasteiger partial charge is 0.0819 e. The van der Waals surface area contributed by atoms with Crippen molar-refractivity contribution in [1.82, 2.24) is 0 Å². The summed E-state index contributed by atoms with van der Waals surface area (Å²) >= 11 is 46.1. The zero-order valence-corrected chi connectivity index (χ0v) is 13.1. The Balaban J connectivity index is 4.12. The van der Waals surface area contributed by atoms with Gasteiger partial charge in [0.25, 0.3) is 0 Å². The lowest BCUT2D eigenvalue weighted by molar-refractivity contribution is 1.55. The summed E-state index contributed by atoms with van der Waals surface area (Å²) in [6.45, 7) is 0. The van der Waals surface area contributed by atoms with E-state index in [9.17, 15) is 0 Å². The molecule has 0 fully saturated rings. The number of hydrogen-bond donors (Lipinski definition) is 0. The lowest BCUT2D eigenvalue weighted by Crippen LogP contribution is -2.17. The van der Waals surface area contributed by atoms with Crippen LogP contribution in [0.3, 0.4) is 0 Å². The van der Waals surface area contributed by atoms with Crippen LogP contribution in [0.5, 0.6) is 0 Å². The van der Waals surface area contributed by atoms with Gasteiger partial charge in [-0.1, -0.05) is 92.8 Å². The van der Waals surface area contributed by atoms with Crippen LogP contribution in [0.25, 0.3) is 8.98 Å². The lowest BCUT2D eigenvalue weighted by Gasteiger charge is -2.05. The van der Waals surface area contributed by atoms with Gasteiger partial charge in [-0.2, -0.15) is 0 Å². The highest BCUT2D eigenvalue weighted by molar-refractivity contribution is 6.75. The Kier molecular flexibility index (Phi) is 5.70. The first kappa shape index (κ1) is 15.3. The lowest BCUT2D eigenvalue weighted by atomic mass is 10.2. The summed E-state index contributed by atoms with van der Waals surface area (Å²) in [6.07, 6.45) is 0. The van der Waals surface area contributed by atoms with E-state index in [0.29, 0.717) is 0 Å². The van der Waals surface area contributed by atoms with Crippen LogP contribution in [0.1, 0.15) is 0 Å². The van der Waals surface area contributed by atoms with Gasteiger partial charge >= 0.3 is 0 Å². The predicted molar refractivity (Wildman–Crippen MR) is 76.0 cm³/mol. The molecule has 0 aliphatic carbocycles. The molecule has 0 unspecified atom stereocenters. The van der Waals surface area contributed by atoms with Crippen LogP contribution in [-0.2, 0) is 0 Å². The van der Waals surface area contributed by atoms with Crippen molar-refractivity contribution in [3.8, 4) is 0 Å². The molecule has 0 amide bonds. The van der Waals surface area contributed by atoms with Crippen molar-refractivity contribution in [2.24, 2.45) is 0 Å². The molecule has 0 aromatic heterocycles. The molecule has 0 aliphatic heterocycles. The molecule has 0 aliphatic rings. The molecule has 0 saturated heterocycles.